The van der Waals surface area contributed by atoms with Crippen molar-refractivity contribution in [2.24, 2.45) is 0 Å². The van der Waals surface area contributed by atoms with E-state index < -0.39 is 47.7 Å². The Morgan fingerprint density at radius 2 is 1.44 bits per heavy atom. The van der Waals surface area contributed by atoms with Crippen LogP contribution in [-0.2, 0) is 25.7 Å². The van der Waals surface area contributed by atoms with Crippen molar-refractivity contribution in [2.45, 2.75) is 49.3 Å². The number of nitrogens with one attached hydrogen (secondary N) is 2. The number of carbonyl (C=O) groups excluding carboxylic acids is 2. The second-order valence-corrected chi connectivity index (χ2v) is 16.7. The minimum absolute atomic E-state index is 0.0287. The average molecular weight is 779 g/mol. The highest BCUT2D eigenvalue weighted by Crippen LogP contribution is 2.48. The quantitative estimate of drug-likeness (QED) is 0.0776. The molecule has 14 heteroatoms. The number of hydrogen-bond acceptors (Lipinski definition) is 9. The number of rotatable bonds is 10. The number of anilines is 2. The first-order chi connectivity index (χ1) is 25.9. The van der Waals surface area contributed by atoms with E-state index in [-0.39, 0.29) is 72.1 Å². The molecule has 6 aromatic rings. The van der Waals surface area contributed by atoms with E-state index in [0.29, 0.717) is 17.5 Å². The molecular formula is C41H34N2O10S2. The summed E-state index contributed by atoms with van der Waals surface area (Å²) in [4.78, 5) is 44.8. The molecule has 1 aliphatic rings. The molecule has 7 rings (SSSR count). The number of ketones is 2. The fraction of sp³-hybridized carbons (Fsp3) is 0.146. The van der Waals surface area contributed by atoms with Crippen LogP contribution in [0, 0.1) is 6.92 Å². The van der Waals surface area contributed by atoms with Gasteiger partial charge in [-0.25, -0.2) is 0 Å². The van der Waals surface area contributed by atoms with Gasteiger partial charge in [0.15, 0.2) is 17.3 Å². The summed E-state index contributed by atoms with van der Waals surface area (Å²) in [7, 11) is -9.43. The van der Waals surface area contributed by atoms with Crippen LogP contribution in [0.4, 0.5) is 11.4 Å². The smallest absolute Gasteiger partial charge is 0.298 e. The van der Waals surface area contributed by atoms with Crippen molar-refractivity contribution in [3.05, 3.63) is 141 Å². The molecule has 0 radical (unpaired) electrons. The van der Waals surface area contributed by atoms with E-state index in [4.69, 9.17) is 4.74 Å². The Bertz CT molecular complexity index is 2900. The van der Waals surface area contributed by atoms with Gasteiger partial charge in [-0.1, -0.05) is 81.4 Å². The SMILES string of the molecule is CCC(C)(C)c1ccc(Oc2cc(Nc3ccc(S(=O)(=O)O)c(C)c3)c3c4c(c(C(=O)c5ccccc5)c(=O)[nH]c24)-c2ccccc2C3=O)c(S(=O)(=O)O)c1. The van der Waals surface area contributed by atoms with Crippen LogP contribution in [0.2, 0.25) is 0 Å². The van der Waals surface area contributed by atoms with E-state index in [9.17, 15) is 40.3 Å². The summed E-state index contributed by atoms with van der Waals surface area (Å²) >= 11 is 0. The highest BCUT2D eigenvalue weighted by molar-refractivity contribution is 7.86. The summed E-state index contributed by atoms with van der Waals surface area (Å²) in [5.41, 5.74) is 0.486. The Balaban J connectivity index is 1.57. The van der Waals surface area contributed by atoms with Gasteiger partial charge < -0.3 is 15.0 Å². The molecule has 280 valence electrons. The van der Waals surface area contributed by atoms with Crippen LogP contribution >= 0.6 is 0 Å². The van der Waals surface area contributed by atoms with Crippen molar-refractivity contribution >= 4 is 54.1 Å². The number of benzene rings is 5. The van der Waals surface area contributed by atoms with E-state index in [1.807, 2.05) is 20.8 Å². The Morgan fingerprint density at radius 3 is 2.07 bits per heavy atom. The van der Waals surface area contributed by atoms with Gasteiger partial charge in [0.25, 0.3) is 25.8 Å². The second-order valence-electron chi connectivity index (χ2n) is 13.9. The molecule has 0 amide bonds. The lowest BCUT2D eigenvalue weighted by molar-refractivity contribution is 0.102. The largest absolute Gasteiger partial charge is 0.454 e. The predicted octanol–water partition coefficient (Wildman–Crippen LogP) is 8.00. The lowest BCUT2D eigenvalue weighted by Gasteiger charge is -2.26. The molecule has 0 fully saturated rings. The lowest BCUT2D eigenvalue weighted by Crippen LogP contribution is -2.24. The molecule has 0 saturated carbocycles. The number of fused-ring (bicyclic) bond motifs is 2. The Morgan fingerprint density at radius 1 is 0.782 bits per heavy atom. The topological polar surface area (TPSA) is 197 Å². The molecule has 1 aromatic heterocycles. The summed E-state index contributed by atoms with van der Waals surface area (Å²) < 4.78 is 76.0. The number of hydrogen-bond donors (Lipinski definition) is 4. The molecule has 0 atom stereocenters. The van der Waals surface area contributed by atoms with Crippen LogP contribution in [0.5, 0.6) is 11.5 Å². The Hall–Kier alpha value is -5.93. The van der Waals surface area contributed by atoms with Gasteiger partial charge >= 0.3 is 0 Å². The normalized spacial score (nSPS) is 12.7. The molecule has 4 N–H and O–H groups in total. The third-order valence-corrected chi connectivity index (χ3v) is 11.9. The maximum absolute atomic E-state index is 14.5. The van der Waals surface area contributed by atoms with E-state index in [1.165, 1.54) is 43.3 Å². The molecule has 5 aromatic carbocycles. The highest BCUT2D eigenvalue weighted by Gasteiger charge is 2.35. The molecule has 55 heavy (non-hydrogen) atoms. The molecule has 0 bridgehead atoms. The molecule has 1 heterocycles. The van der Waals surface area contributed by atoms with Crippen molar-refractivity contribution in [1.29, 1.82) is 0 Å². The number of aromatic amines is 1. The molecule has 0 spiro atoms. The second kappa shape index (κ2) is 13.4. The van der Waals surface area contributed by atoms with Gasteiger partial charge in [-0.3, -0.25) is 23.5 Å². The van der Waals surface area contributed by atoms with Crippen LogP contribution in [-0.4, -0.2) is 42.5 Å². The number of H-pyrrole nitrogens is 1. The number of aryl methyl sites for hydroxylation is 1. The molecule has 0 saturated heterocycles. The number of carbonyl (C=O) groups is 2. The van der Waals surface area contributed by atoms with E-state index in [2.05, 4.69) is 10.3 Å². The monoisotopic (exact) mass is 778 g/mol. The minimum atomic E-state index is -4.87. The zero-order chi connectivity index (χ0) is 39.6. The zero-order valence-corrected chi connectivity index (χ0v) is 31.6. The predicted molar refractivity (Wildman–Crippen MR) is 207 cm³/mol. The minimum Gasteiger partial charge on any atom is -0.454 e. The maximum atomic E-state index is 14.5. The summed E-state index contributed by atoms with van der Waals surface area (Å²) in [5, 5.41) is 3.25. The van der Waals surface area contributed by atoms with Crippen molar-refractivity contribution in [2.75, 3.05) is 5.32 Å². The van der Waals surface area contributed by atoms with Crippen LogP contribution in [0.15, 0.2) is 112 Å². The van der Waals surface area contributed by atoms with Gasteiger partial charge in [-0.15, -0.1) is 0 Å². The van der Waals surface area contributed by atoms with Crippen molar-refractivity contribution in [3.63, 3.8) is 0 Å². The summed E-state index contributed by atoms with van der Waals surface area (Å²) in [6.45, 7) is 7.24. The third-order valence-electron chi connectivity index (χ3n) is 10.0. The fourth-order valence-corrected chi connectivity index (χ4v) is 8.17. The lowest BCUT2D eigenvalue weighted by atomic mass is 9.80. The Kier molecular flexibility index (Phi) is 9.13. The maximum Gasteiger partial charge on any atom is 0.298 e. The standard InChI is InChI=1S/C41H34N2O10S2/c1-5-41(3,4)24-15-17-29(32(20-24)55(50,51)52)53-30-21-28(42-25-16-18-31(22(2)19-25)54(47,48)49)34-35-33(26-13-9-10-14-27(26)39(34)45)36(40(46)43-37(30)35)38(44)23-11-7-6-8-12-23/h6-21,42H,5H2,1-4H3,(H,43,46)(H,47,48,49)(H,50,51,52). The summed E-state index contributed by atoms with van der Waals surface area (Å²) in [5.74, 6) is -1.54. The average Bonchev–Trinajstić information content (AvgIpc) is 3.13. The van der Waals surface area contributed by atoms with Gasteiger partial charge in [-0.05, 0) is 65.8 Å². The summed E-state index contributed by atoms with van der Waals surface area (Å²) in [6.07, 6.45) is 0.646. The van der Waals surface area contributed by atoms with E-state index in [1.54, 1.807) is 60.7 Å². The fourth-order valence-electron chi connectivity index (χ4n) is 6.83. The number of pyridine rings is 1. The zero-order valence-electron chi connectivity index (χ0n) is 29.9. The molecule has 0 aliphatic heterocycles. The van der Waals surface area contributed by atoms with E-state index >= 15 is 0 Å². The molecular weight excluding hydrogens is 745 g/mol. The summed E-state index contributed by atoms with van der Waals surface area (Å²) in [6, 6.07) is 24.4. The van der Waals surface area contributed by atoms with E-state index in [0.717, 1.165) is 0 Å². The Labute approximate surface area is 316 Å². The highest BCUT2D eigenvalue weighted by atomic mass is 32.2. The van der Waals surface area contributed by atoms with Crippen molar-refractivity contribution < 1.29 is 40.3 Å². The van der Waals surface area contributed by atoms with Gasteiger partial charge in [0.05, 0.1) is 27.2 Å². The van der Waals surface area contributed by atoms with Gasteiger partial charge in [0.2, 0.25) is 0 Å². The first-order valence-electron chi connectivity index (χ1n) is 17.1. The molecule has 1 aliphatic carbocycles. The molecule has 0 unspecified atom stereocenters. The van der Waals surface area contributed by atoms with Crippen molar-refractivity contribution in [1.82, 2.24) is 4.98 Å². The molecule has 12 nitrogen and oxygen atoms in total. The first kappa shape index (κ1) is 37.4. The number of ether oxygens (including phenoxy) is 1. The van der Waals surface area contributed by atoms with Gasteiger partial charge in [0, 0.05) is 33.8 Å². The van der Waals surface area contributed by atoms with Crippen LogP contribution < -0.4 is 15.6 Å². The van der Waals surface area contributed by atoms with Gasteiger partial charge in [-0.2, -0.15) is 16.8 Å². The third kappa shape index (κ3) is 6.63. The van der Waals surface area contributed by atoms with Crippen molar-refractivity contribution in [3.8, 4) is 22.6 Å². The van der Waals surface area contributed by atoms with Crippen LogP contribution in [0.3, 0.4) is 0 Å². The number of aromatic nitrogens is 1. The van der Waals surface area contributed by atoms with Gasteiger partial charge in [0.1, 0.15) is 10.6 Å². The first-order valence-corrected chi connectivity index (χ1v) is 19.9. The van der Waals surface area contributed by atoms with Crippen LogP contribution in [0.1, 0.15) is 70.2 Å². The van der Waals surface area contributed by atoms with Crippen LogP contribution in [0.25, 0.3) is 22.0 Å².